The average Bonchev–Trinajstić information content (AvgIpc) is 2.29. The van der Waals surface area contributed by atoms with Crippen LogP contribution in [0.2, 0.25) is 0 Å². The number of carbonyl (C=O) groups excluding carboxylic acids is 2. The second-order valence-corrected chi connectivity index (χ2v) is 2.84. The molecule has 0 bridgehead atoms. The number of nitrogens with one attached hydrogen (secondary N) is 1. The van der Waals surface area contributed by atoms with E-state index in [0.29, 0.717) is 5.56 Å². The molecule has 0 unspecified atom stereocenters. The molecule has 0 saturated heterocycles. The second kappa shape index (κ2) is 5.77. The van der Waals surface area contributed by atoms with Crippen molar-refractivity contribution in [3.8, 4) is 0 Å². The lowest BCUT2D eigenvalue weighted by Crippen LogP contribution is -2.26. The lowest BCUT2D eigenvalue weighted by Gasteiger charge is -2.02. The van der Waals surface area contributed by atoms with Crippen molar-refractivity contribution < 1.29 is 19.7 Å². The van der Waals surface area contributed by atoms with Crippen LogP contribution in [0.1, 0.15) is 16.8 Å². The van der Waals surface area contributed by atoms with Crippen LogP contribution in [0, 0.1) is 0 Å². The third-order valence-corrected chi connectivity index (χ3v) is 1.75. The highest BCUT2D eigenvalue weighted by Gasteiger charge is 2.05. The molecular weight excluding hydrogens is 198 g/mol. The van der Waals surface area contributed by atoms with Crippen molar-refractivity contribution in [3.05, 3.63) is 35.9 Å². The van der Waals surface area contributed by atoms with Crippen molar-refractivity contribution in [2.75, 3.05) is 6.54 Å². The summed E-state index contributed by atoms with van der Waals surface area (Å²) < 4.78 is 0. The molecule has 0 aliphatic heterocycles. The van der Waals surface area contributed by atoms with Crippen LogP contribution >= 0.6 is 0 Å². The molecule has 0 spiro atoms. The molecule has 5 nitrogen and oxygen atoms in total. The molecule has 80 valence electrons. The molecule has 15 heavy (non-hydrogen) atoms. The highest BCUT2D eigenvalue weighted by Crippen LogP contribution is 1.97. The summed E-state index contributed by atoms with van der Waals surface area (Å²) in [6.45, 7) is 0.132. The first-order valence-electron chi connectivity index (χ1n) is 4.41. The van der Waals surface area contributed by atoms with Gasteiger partial charge >= 0.3 is 5.97 Å². The van der Waals surface area contributed by atoms with Crippen molar-refractivity contribution in [1.29, 1.82) is 0 Å². The molecule has 5 heteroatoms. The van der Waals surface area contributed by atoms with Gasteiger partial charge in [-0.3, -0.25) is 4.79 Å². The van der Waals surface area contributed by atoms with Gasteiger partial charge in [0.15, 0.2) is 0 Å². The van der Waals surface area contributed by atoms with Gasteiger partial charge in [0.1, 0.15) is 0 Å². The lowest BCUT2D eigenvalue weighted by molar-refractivity contribution is -0.234. The van der Waals surface area contributed by atoms with Crippen molar-refractivity contribution in [2.24, 2.45) is 0 Å². The fourth-order valence-electron chi connectivity index (χ4n) is 1.02. The molecule has 0 aromatic heterocycles. The Labute approximate surface area is 86.6 Å². The SMILES string of the molecule is O=C(CCNC(=O)c1ccccc1)OO. The van der Waals surface area contributed by atoms with E-state index in [4.69, 9.17) is 5.26 Å². The summed E-state index contributed by atoms with van der Waals surface area (Å²) >= 11 is 0. The summed E-state index contributed by atoms with van der Waals surface area (Å²) in [6, 6.07) is 8.63. The molecular formula is C10H11NO4. The molecule has 0 fully saturated rings. The van der Waals surface area contributed by atoms with Crippen LogP contribution in [0.3, 0.4) is 0 Å². The zero-order valence-electron chi connectivity index (χ0n) is 7.97. The van der Waals surface area contributed by atoms with E-state index in [1.807, 2.05) is 0 Å². The van der Waals surface area contributed by atoms with Gasteiger partial charge in [-0.1, -0.05) is 18.2 Å². The zero-order chi connectivity index (χ0) is 11.1. The Bertz CT molecular complexity index is 337. The Morgan fingerprint density at radius 2 is 1.93 bits per heavy atom. The van der Waals surface area contributed by atoms with Gasteiger partial charge in [-0.25, -0.2) is 4.79 Å². The number of amides is 1. The van der Waals surface area contributed by atoms with Crippen LogP contribution in [-0.4, -0.2) is 23.7 Å². The smallest absolute Gasteiger partial charge is 0.343 e. The predicted molar refractivity (Wildman–Crippen MR) is 52.1 cm³/mol. The van der Waals surface area contributed by atoms with E-state index < -0.39 is 5.97 Å². The third kappa shape index (κ3) is 3.78. The van der Waals surface area contributed by atoms with E-state index in [0.717, 1.165) is 0 Å². The molecule has 1 aromatic carbocycles. The fraction of sp³-hybridized carbons (Fsp3) is 0.200. The van der Waals surface area contributed by atoms with Crippen LogP contribution in [0.15, 0.2) is 30.3 Å². The minimum atomic E-state index is -0.775. The highest BCUT2D eigenvalue weighted by molar-refractivity contribution is 5.94. The van der Waals surface area contributed by atoms with Gasteiger partial charge in [0.2, 0.25) is 0 Å². The van der Waals surface area contributed by atoms with Crippen LogP contribution in [-0.2, 0) is 9.68 Å². The maximum absolute atomic E-state index is 11.4. The molecule has 2 N–H and O–H groups in total. The molecule has 1 aromatic rings. The van der Waals surface area contributed by atoms with E-state index in [2.05, 4.69) is 10.2 Å². The van der Waals surface area contributed by atoms with Gasteiger partial charge in [-0.2, -0.15) is 5.26 Å². The minimum Gasteiger partial charge on any atom is -0.351 e. The number of rotatable bonds is 4. The summed E-state index contributed by atoms with van der Waals surface area (Å²) in [7, 11) is 0. The summed E-state index contributed by atoms with van der Waals surface area (Å²) in [5.74, 6) is -1.04. The highest BCUT2D eigenvalue weighted by atomic mass is 17.1. The molecule has 0 atom stereocenters. The quantitative estimate of drug-likeness (QED) is 0.568. The van der Waals surface area contributed by atoms with Crippen LogP contribution in [0.5, 0.6) is 0 Å². The predicted octanol–water partition coefficient (Wildman–Crippen LogP) is 0.823. The maximum atomic E-state index is 11.4. The topological polar surface area (TPSA) is 75.6 Å². The first-order chi connectivity index (χ1) is 7.24. The molecule has 1 amide bonds. The molecule has 0 saturated carbocycles. The molecule has 1 rings (SSSR count). The molecule has 0 radical (unpaired) electrons. The zero-order valence-corrected chi connectivity index (χ0v) is 7.97. The summed E-state index contributed by atoms with van der Waals surface area (Å²) in [4.78, 5) is 25.3. The molecule has 0 aliphatic rings. The largest absolute Gasteiger partial charge is 0.351 e. The van der Waals surface area contributed by atoms with Crippen molar-refractivity contribution >= 4 is 11.9 Å². The number of hydrogen-bond donors (Lipinski definition) is 2. The maximum Gasteiger partial charge on any atom is 0.343 e. The van der Waals surface area contributed by atoms with Gasteiger partial charge in [0.25, 0.3) is 5.91 Å². The first-order valence-corrected chi connectivity index (χ1v) is 4.41. The molecule has 0 aliphatic carbocycles. The van der Waals surface area contributed by atoms with Crippen LogP contribution in [0.4, 0.5) is 0 Å². The Kier molecular flexibility index (Phi) is 4.30. The van der Waals surface area contributed by atoms with Gasteiger partial charge in [-0.15, -0.1) is 0 Å². The van der Waals surface area contributed by atoms with E-state index >= 15 is 0 Å². The monoisotopic (exact) mass is 209 g/mol. The number of carbonyl (C=O) groups is 2. The van der Waals surface area contributed by atoms with Gasteiger partial charge in [0.05, 0.1) is 6.42 Å². The Balaban J connectivity index is 2.34. The van der Waals surface area contributed by atoms with E-state index in [-0.39, 0.29) is 18.9 Å². The van der Waals surface area contributed by atoms with Crippen molar-refractivity contribution in [2.45, 2.75) is 6.42 Å². The van der Waals surface area contributed by atoms with Gasteiger partial charge in [-0.05, 0) is 12.1 Å². The van der Waals surface area contributed by atoms with E-state index in [1.165, 1.54) is 0 Å². The summed E-state index contributed by atoms with van der Waals surface area (Å²) in [5.41, 5.74) is 0.523. The Morgan fingerprint density at radius 3 is 2.53 bits per heavy atom. The lowest BCUT2D eigenvalue weighted by atomic mass is 10.2. The first kappa shape index (κ1) is 11.2. The van der Waals surface area contributed by atoms with Gasteiger partial charge in [0, 0.05) is 12.1 Å². The fourth-order valence-corrected chi connectivity index (χ4v) is 1.02. The van der Waals surface area contributed by atoms with Crippen molar-refractivity contribution in [1.82, 2.24) is 5.32 Å². The Hall–Kier alpha value is -1.88. The molecule has 0 heterocycles. The van der Waals surface area contributed by atoms with Gasteiger partial charge < -0.3 is 10.2 Å². The third-order valence-electron chi connectivity index (χ3n) is 1.75. The standard InChI is InChI=1S/C10H11NO4/c12-9(15-14)6-7-11-10(13)8-4-2-1-3-5-8/h1-5,14H,6-7H2,(H,11,13). The van der Waals surface area contributed by atoms with E-state index in [1.54, 1.807) is 30.3 Å². The average molecular weight is 209 g/mol. The van der Waals surface area contributed by atoms with E-state index in [9.17, 15) is 9.59 Å². The normalized spacial score (nSPS) is 9.40. The summed E-state index contributed by atoms with van der Waals surface area (Å²) in [5, 5.41) is 10.5. The number of benzene rings is 1. The Morgan fingerprint density at radius 1 is 1.27 bits per heavy atom. The van der Waals surface area contributed by atoms with Crippen molar-refractivity contribution in [3.63, 3.8) is 0 Å². The summed E-state index contributed by atoms with van der Waals surface area (Å²) in [6.07, 6.45) is -0.0604. The minimum absolute atomic E-state index is 0.0604. The van der Waals surface area contributed by atoms with Crippen LogP contribution in [0.25, 0.3) is 0 Å². The second-order valence-electron chi connectivity index (χ2n) is 2.84. The number of hydrogen-bond acceptors (Lipinski definition) is 4. The van der Waals surface area contributed by atoms with Crippen LogP contribution < -0.4 is 5.32 Å².